The maximum atomic E-state index is 12.5. The van der Waals surface area contributed by atoms with Gasteiger partial charge in [-0.25, -0.2) is 8.42 Å². The summed E-state index contributed by atoms with van der Waals surface area (Å²) in [5, 5.41) is 3.11. The predicted molar refractivity (Wildman–Crippen MR) is 93.6 cm³/mol. The minimum absolute atomic E-state index is 0.0281. The van der Waals surface area contributed by atoms with Gasteiger partial charge < -0.3 is 5.32 Å². The van der Waals surface area contributed by atoms with Crippen molar-refractivity contribution >= 4 is 15.9 Å². The smallest absolute Gasteiger partial charge is 0.182 e. The lowest BCUT2D eigenvalue weighted by molar-refractivity contribution is 0.595. The summed E-state index contributed by atoms with van der Waals surface area (Å²) in [6, 6.07) is 14.7. The van der Waals surface area contributed by atoms with E-state index in [0.717, 1.165) is 23.2 Å². The van der Waals surface area contributed by atoms with Gasteiger partial charge in [0.1, 0.15) is 0 Å². The first-order valence-corrected chi connectivity index (χ1v) is 9.17. The molecule has 0 saturated heterocycles. The Morgan fingerprint density at radius 1 is 1.04 bits per heavy atom. The second-order valence-electron chi connectivity index (χ2n) is 5.75. The average Bonchev–Trinajstić information content (AvgIpc) is 3.03. The van der Waals surface area contributed by atoms with Crippen molar-refractivity contribution in [2.75, 3.05) is 6.54 Å². The van der Waals surface area contributed by atoms with Crippen LogP contribution in [0.5, 0.6) is 0 Å². The molecule has 0 aliphatic carbocycles. The second-order valence-corrected chi connectivity index (χ2v) is 7.74. The van der Waals surface area contributed by atoms with Crippen molar-refractivity contribution in [3.05, 3.63) is 83.1 Å². The molecule has 1 heterocycles. The third-order valence-electron chi connectivity index (χ3n) is 3.79. The van der Waals surface area contributed by atoms with Crippen LogP contribution in [0.15, 0.2) is 71.3 Å². The molecule has 0 spiro atoms. The summed E-state index contributed by atoms with van der Waals surface area (Å²) in [6.07, 6.45) is 5.97. The van der Waals surface area contributed by atoms with Crippen LogP contribution in [-0.4, -0.2) is 15.0 Å². The Morgan fingerprint density at radius 3 is 2.35 bits per heavy atom. The molecule has 0 fully saturated rings. The minimum atomic E-state index is -3.32. The van der Waals surface area contributed by atoms with Gasteiger partial charge in [0.05, 0.1) is 10.6 Å². The molecule has 3 nitrogen and oxygen atoms in total. The first-order valence-electron chi connectivity index (χ1n) is 7.52. The standard InChI is InChI=1S/C19H19NO2S/c1-15-2-4-17(5-3-15)14-23(21,22)19-8-6-16(7-9-19)12-18-10-11-20-13-18/h2-12,20H,13-14H2,1H3/b18-12+. The first kappa shape index (κ1) is 15.6. The zero-order valence-electron chi connectivity index (χ0n) is 13.0. The van der Waals surface area contributed by atoms with E-state index in [1.54, 1.807) is 12.1 Å². The van der Waals surface area contributed by atoms with Crippen LogP contribution in [0.2, 0.25) is 0 Å². The molecule has 1 aliphatic rings. The van der Waals surface area contributed by atoms with Gasteiger partial charge in [-0.05, 0) is 54.1 Å². The summed E-state index contributed by atoms with van der Waals surface area (Å²) in [5.41, 5.74) is 4.12. The molecular weight excluding hydrogens is 306 g/mol. The maximum absolute atomic E-state index is 12.5. The van der Waals surface area contributed by atoms with Crippen molar-refractivity contribution in [2.24, 2.45) is 0 Å². The largest absolute Gasteiger partial charge is 0.387 e. The van der Waals surface area contributed by atoms with Crippen molar-refractivity contribution in [2.45, 2.75) is 17.6 Å². The van der Waals surface area contributed by atoms with Gasteiger partial charge in [0.15, 0.2) is 9.84 Å². The van der Waals surface area contributed by atoms with Crippen molar-refractivity contribution in [1.29, 1.82) is 0 Å². The number of sulfone groups is 1. The van der Waals surface area contributed by atoms with E-state index in [4.69, 9.17) is 0 Å². The van der Waals surface area contributed by atoms with Crippen LogP contribution in [0.3, 0.4) is 0 Å². The van der Waals surface area contributed by atoms with E-state index >= 15 is 0 Å². The lowest BCUT2D eigenvalue weighted by Crippen LogP contribution is -2.05. The van der Waals surface area contributed by atoms with E-state index in [2.05, 4.69) is 5.32 Å². The van der Waals surface area contributed by atoms with Crippen LogP contribution < -0.4 is 5.32 Å². The monoisotopic (exact) mass is 325 g/mol. The molecule has 0 atom stereocenters. The molecule has 0 amide bonds. The van der Waals surface area contributed by atoms with Crippen LogP contribution in [0.4, 0.5) is 0 Å². The fraction of sp³-hybridized carbons (Fsp3) is 0.158. The highest BCUT2D eigenvalue weighted by atomic mass is 32.2. The fourth-order valence-corrected chi connectivity index (χ4v) is 3.82. The molecule has 23 heavy (non-hydrogen) atoms. The van der Waals surface area contributed by atoms with Gasteiger partial charge in [0.25, 0.3) is 0 Å². The van der Waals surface area contributed by atoms with E-state index in [-0.39, 0.29) is 5.75 Å². The highest BCUT2D eigenvalue weighted by molar-refractivity contribution is 7.90. The molecule has 2 aromatic carbocycles. The Kier molecular flexibility index (Phi) is 4.35. The Labute approximate surface area is 137 Å². The molecule has 118 valence electrons. The first-order chi connectivity index (χ1) is 11.0. The van der Waals surface area contributed by atoms with Crippen LogP contribution >= 0.6 is 0 Å². The summed E-state index contributed by atoms with van der Waals surface area (Å²) in [4.78, 5) is 0.361. The third kappa shape index (κ3) is 3.90. The lowest BCUT2D eigenvalue weighted by Gasteiger charge is -2.06. The molecule has 1 aliphatic heterocycles. The third-order valence-corrected chi connectivity index (χ3v) is 5.49. The Bertz CT molecular complexity index is 845. The van der Waals surface area contributed by atoms with E-state index in [1.165, 1.54) is 5.57 Å². The highest BCUT2D eigenvalue weighted by Gasteiger charge is 2.15. The van der Waals surface area contributed by atoms with E-state index in [9.17, 15) is 8.42 Å². The van der Waals surface area contributed by atoms with Gasteiger partial charge in [0, 0.05) is 6.54 Å². The van der Waals surface area contributed by atoms with Crippen molar-refractivity contribution in [3.63, 3.8) is 0 Å². The number of hydrogen-bond acceptors (Lipinski definition) is 3. The molecule has 3 rings (SSSR count). The molecule has 0 bridgehead atoms. The van der Waals surface area contributed by atoms with Crippen LogP contribution in [0.25, 0.3) is 6.08 Å². The van der Waals surface area contributed by atoms with Gasteiger partial charge in [-0.3, -0.25) is 0 Å². The summed E-state index contributed by atoms with van der Waals surface area (Å²) in [7, 11) is -3.32. The Morgan fingerprint density at radius 2 is 1.74 bits per heavy atom. The maximum Gasteiger partial charge on any atom is 0.182 e. The fourth-order valence-electron chi connectivity index (χ4n) is 2.47. The molecular formula is C19H19NO2S. The van der Waals surface area contributed by atoms with E-state index < -0.39 is 9.84 Å². The van der Waals surface area contributed by atoms with Crippen molar-refractivity contribution in [3.8, 4) is 0 Å². The van der Waals surface area contributed by atoms with Gasteiger partial charge in [-0.2, -0.15) is 0 Å². The minimum Gasteiger partial charge on any atom is -0.387 e. The summed E-state index contributed by atoms with van der Waals surface area (Å²) >= 11 is 0. The summed E-state index contributed by atoms with van der Waals surface area (Å²) in [5.74, 6) is 0.0281. The zero-order chi connectivity index (χ0) is 16.3. The van der Waals surface area contributed by atoms with Crippen molar-refractivity contribution < 1.29 is 8.42 Å². The van der Waals surface area contributed by atoms with E-state index in [0.29, 0.717) is 4.90 Å². The molecule has 0 aromatic heterocycles. The van der Waals surface area contributed by atoms with Crippen LogP contribution in [0, 0.1) is 6.92 Å². The summed E-state index contributed by atoms with van der Waals surface area (Å²) in [6.45, 7) is 2.80. The summed E-state index contributed by atoms with van der Waals surface area (Å²) < 4.78 is 25.0. The van der Waals surface area contributed by atoms with Crippen LogP contribution in [-0.2, 0) is 15.6 Å². The van der Waals surface area contributed by atoms with Gasteiger partial charge in [-0.15, -0.1) is 0 Å². The molecule has 0 radical (unpaired) electrons. The normalized spacial score (nSPS) is 15.8. The molecule has 1 N–H and O–H groups in total. The number of aryl methyl sites for hydroxylation is 1. The Hall–Kier alpha value is -2.33. The molecule has 2 aromatic rings. The topological polar surface area (TPSA) is 46.2 Å². The molecule has 4 heteroatoms. The zero-order valence-corrected chi connectivity index (χ0v) is 13.8. The Balaban J connectivity index is 1.78. The number of nitrogens with one attached hydrogen (secondary N) is 1. The quantitative estimate of drug-likeness (QED) is 0.936. The molecule has 0 saturated carbocycles. The van der Waals surface area contributed by atoms with Gasteiger partial charge in [-0.1, -0.05) is 42.0 Å². The molecule has 0 unspecified atom stereocenters. The van der Waals surface area contributed by atoms with E-state index in [1.807, 2.05) is 61.7 Å². The number of rotatable bonds is 4. The number of hydrogen-bond donors (Lipinski definition) is 1. The highest BCUT2D eigenvalue weighted by Crippen LogP contribution is 2.19. The van der Waals surface area contributed by atoms with Gasteiger partial charge in [0.2, 0.25) is 0 Å². The number of benzene rings is 2. The SMILES string of the molecule is Cc1ccc(CS(=O)(=O)c2ccc(/C=C3\C=CNC3)cc2)cc1. The average molecular weight is 325 g/mol. The van der Waals surface area contributed by atoms with Crippen LogP contribution in [0.1, 0.15) is 16.7 Å². The second kappa shape index (κ2) is 6.42. The van der Waals surface area contributed by atoms with Gasteiger partial charge >= 0.3 is 0 Å². The predicted octanol–water partition coefficient (Wildman–Crippen LogP) is 3.47. The lowest BCUT2D eigenvalue weighted by atomic mass is 10.1. The van der Waals surface area contributed by atoms with Crippen molar-refractivity contribution in [1.82, 2.24) is 5.32 Å².